The standard InChI is InChI=1S/C19H24F2N2O5/c1-10(2)17(22-18(26)16-13(20)5-4-6-14(16)21)19(27)23-9-12(28-3)7-11(23)8-15(24)25/h4-6,10-12,17H,7-9H2,1-3H3,(H,22,26)(H,24,25). The van der Waals surface area contributed by atoms with Gasteiger partial charge in [-0.25, -0.2) is 8.78 Å². The largest absolute Gasteiger partial charge is 0.481 e. The molecule has 3 unspecified atom stereocenters. The van der Waals surface area contributed by atoms with Crippen molar-refractivity contribution in [3.8, 4) is 0 Å². The Hall–Kier alpha value is -2.55. The Morgan fingerprint density at radius 3 is 2.39 bits per heavy atom. The number of ether oxygens (including phenoxy) is 1. The van der Waals surface area contributed by atoms with Gasteiger partial charge in [0.2, 0.25) is 5.91 Å². The molecular weight excluding hydrogens is 374 g/mol. The van der Waals surface area contributed by atoms with Crippen LogP contribution in [0.3, 0.4) is 0 Å². The number of nitrogens with zero attached hydrogens (tertiary/aromatic N) is 1. The molecule has 1 aliphatic rings. The third kappa shape index (κ3) is 4.83. The Morgan fingerprint density at radius 2 is 1.89 bits per heavy atom. The number of halogens is 2. The number of carbonyl (C=O) groups is 3. The molecular formula is C19H24F2N2O5. The number of likely N-dealkylation sites (tertiary alicyclic amines) is 1. The van der Waals surface area contributed by atoms with Gasteiger partial charge in [-0.1, -0.05) is 19.9 Å². The minimum Gasteiger partial charge on any atom is -0.481 e. The average molecular weight is 398 g/mol. The first-order valence-corrected chi connectivity index (χ1v) is 8.95. The van der Waals surface area contributed by atoms with Crippen LogP contribution in [0.15, 0.2) is 18.2 Å². The van der Waals surface area contributed by atoms with E-state index in [0.29, 0.717) is 6.42 Å². The minimum atomic E-state index is -1.07. The number of hydrogen-bond acceptors (Lipinski definition) is 4. The van der Waals surface area contributed by atoms with Crippen molar-refractivity contribution in [2.45, 2.75) is 44.9 Å². The quantitative estimate of drug-likeness (QED) is 0.730. The van der Waals surface area contributed by atoms with E-state index < -0.39 is 53.0 Å². The zero-order valence-corrected chi connectivity index (χ0v) is 15.9. The molecule has 3 atom stereocenters. The number of benzene rings is 1. The molecule has 0 saturated carbocycles. The van der Waals surface area contributed by atoms with E-state index in [2.05, 4.69) is 5.32 Å². The first-order valence-electron chi connectivity index (χ1n) is 8.95. The highest BCUT2D eigenvalue weighted by Gasteiger charge is 2.40. The number of carbonyl (C=O) groups excluding carboxylic acids is 2. The van der Waals surface area contributed by atoms with Crippen LogP contribution in [-0.2, 0) is 14.3 Å². The summed E-state index contributed by atoms with van der Waals surface area (Å²) in [4.78, 5) is 38.0. The van der Waals surface area contributed by atoms with Crippen LogP contribution in [0, 0.1) is 17.6 Å². The van der Waals surface area contributed by atoms with E-state index in [0.717, 1.165) is 18.2 Å². The smallest absolute Gasteiger partial charge is 0.305 e. The first kappa shape index (κ1) is 21.7. The maximum absolute atomic E-state index is 13.9. The van der Waals surface area contributed by atoms with Crippen LogP contribution in [0.5, 0.6) is 0 Å². The number of nitrogens with one attached hydrogen (secondary N) is 1. The second kappa shape index (κ2) is 9.09. The van der Waals surface area contributed by atoms with Crippen molar-refractivity contribution >= 4 is 17.8 Å². The van der Waals surface area contributed by atoms with Crippen LogP contribution in [0.1, 0.15) is 37.0 Å². The molecule has 2 rings (SSSR count). The van der Waals surface area contributed by atoms with Crippen molar-refractivity contribution in [2.75, 3.05) is 13.7 Å². The minimum absolute atomic E-state index is 0.181. The summed E-state index contributed by atoms with van der Waals surface area (Å²) < 4.78 is 33.0. The van der Waals surface area contributed by atoms with Crippen LogP contribution in [0.4, 0.5) is 8.78 Å². The normalized spacial score (nSPS) is 20.3. The molecule has 0 bridgehead atoms. The molecule has 2 amide bonds. The maximum Gasteiger partial charge on any atom is 0.305 e. The second-order valence-corrected chi connectivity index (χ2v) is 7.13. The van der Waals surface area contributed by atoms with Gasteiger partial charge in [-0.2, -0.15) is 0 Å². The highest BCUT2D eigenvalue weighted by molar-refractivity contribution is 5.98. The van der Waals surface area contributed by atoms with Crippen molar-refractivity contribution in [1.29, 1.82) is 0 Å². The van der Waals surface area contributed by atoms with Gasteiger partial charge in [0.05, 0.1) is 12.5 Å². The molecule has 1 saturated heterocycles. The summed E-state index contributed by atoms with van der Waals surface area (Å²) >= 11 is 0. The Kier molecular flexibility index (Phi) is 7.06. The molecule has 7 nitrogen and oxygen atoms in total. The molecule has 154 valence electrons. The van der Waals surface area contributed by atoms with E-state index in [1.807, 2.05) is 0 Å². The average Bonchev–Trinajstić information content (AvgIpc) is 3.01. The van der Waals surface area contributed by atoms with Crippen molar-refractivity contribution in [1.82, 2.24) is 10.2 Å². The number of methoxy groups -OCH3 is 1. The lowest BCUT2D eigenvalue weighted by Crippen LogP contribution is -2.53. The summed E-state index contributed by atoms with van der Waals surface area (Å²) in [5.41, 5.74) is -0.765. The van der Waals surface area contributed by atoms with Crippen LogP contribution in [0.25, 0.3) is 0 Å². The monoisotopic (exact) mass is 398 g/mol. The molecule has 2 N–H and O–H groups in total. The van der Waals surface area contributed by atoms with Crippen LogP contribution in [0.2, 0.25) is 0 Å². The summed E-state index contributed by atoms with van der Waals surface area (Å²) in [6, 6.07) is 1.39. The zero-order chi connectivity index (χ0) is 21.0. The summed E-state index contributed by atoms with van der Waals surface area (Å²) in [5, 5.41) is 11.5. The zero-order valence-electron chi connectivity index (χ0n) is 15.9. The van der Waals surface area contributed by atoms with Crippen molar-refractivity contribution in [2.24, 2.45) is 5.92 Å². The molecule has 0 radical (unpaired) electrons. The fourth-order valence-corrected chi connectivity index (χ4v) is 3.33. The van der Waals surface area contributed by atoms with Crippen molar-refractivity contribution in [3.05, 3.63) is 35.4 Å². The van der Waals surface area contributed by atoms with Gasteiger partial charge in [0.15, 0.2) is 0 Å². The molecule has 1 aliphatic heterocycles. The van der Waals surface area contributed by atoms with Gasteiger partial charge >= 0.3 is 5.97 Å². The van der Waals surface area contributed by atoms with Gasteiger partial charge in [-0.05, 0) is 24.5 Å². The molecule has 1 heterocycles. The van der Waals surface area contributed by atoms with Gasteiger partial charge in [0.25, 0.3) is 5.91 Å². The van der Waals surface area contributed by atoms with Crippen molar-refractivity contribution < 1.29 is 33.0 Å². The van der Waals surface area contributed by atoms with E-state index >= 15 is 0 Å². The SMILES string of the molecule is COC1CC(CC(=O)O)N(C(=O)C(NC(=O)c2c(F)cccc2F)C(C)C)C1. The lowest BCUT2D eigenvalue weighted by atomic mass is 10.0. The Balaban J connectivity index is 2.23. The summed E-state index contributed by atoms with van der Waals surface area (Å²) in [6.45, 7) is 3.54. The third-order valence-corrected chi connectivity index (χ3v) is 4.81. The number of aliphatic carboxylic acids is 1. The summed E-state index contributed by atoms with van der Waals surface area (Å²) in [7, 11) is 1.47. The third-order valence-electron chi connectivity index (χ3n) is 4.81. The molecule has 1 aromatic carbocycles. The van der Waals surface area contributed by atoms with Gasteiger partial charge in [0, 0.05) is 19.7 Å². The highest BCUT2D eigenvalue weighted by atomic mass is 19.1. The molecule has 1 fully saturated rings. The number of amides is 2. The topological polar surface area (TPSA) is 95.9 Å². The van der Waals surface area contributed by atoms with E-state index in [9.17, 15) is 23.2 Å². The van der Waals surface area contributed by atoms with E-state index in [1.54, 1.807) is 13.8 Å². The summed E-state index contributed by atoms with van der Waals surface area (Å²) in [5.74, 6) is -5.06. The van der Waals surface area contributed by atoms with Gasteiger partial charge in [0.1, 0.15) is 23.2 Å². The molecule has 0 aromatic heterocycles. The van der Waals surface area contributed by atoms with Crippen LogP contribution in [-0.4, -0.2) is 59.6 Å². The van der Waals surface area contributed by atoms with Crippen LogP contribution < -0.4 is 5.32 Å². The predicted molar refractivity (Wildman–Crippen MR) is 95.6 cm³/mol. The number of hydrogen-bond donors (Lipinski definition) is 2. The lowest BCUT2D eigenvalue weighted by molar-refractivity contribution is -0.140. The molecule has 28 heavy (non-hydrogen) atoms. The first-order chi connectivity index (χ1) is 13.1. The Labute approximate surface area is 161 Å². The highest BCUT2D eigenvalue weighted by Crippen LogP contribution is 2.25. The van der Waals surface area contributed by atoms with E-state index in [4.69, 9.17) is 9.84 Å². The maximum atomic E-state index is 13.9. The Bertz CT molecular complexity index is 736. The molecule has 0 aliphatic carbocycles. The fraction of sp³-hybridized carbons (Fsp3) is 0.526. The number of carboxylic acids is 1. The van der Waals surface area contributed by atoms with Gasteiger partial charge in [-0.3, -0.25) is 14.4 Å². The molecule has 0 spiro atoms. The number of rotatable bonds is 7. The molecule has 9 heteroatoms. The predicted octanol–water partition coefficient (Wildman–Crippen LogP) is 1.81. The number of carboxylic acid groups (broad SMARTS) is 1. The summed E-state index contributed by atoms with van der Waals surface area (Å²) in [6.07, 6.45) is -0.220. The van der Waals surface area contributed by atoms with Gasteiger partial charge < -0.3 is 20.1 Å². The second-order valence-electron chi connectivity index (χ2n) is 7.13. The van der Waals surface area contributed by atoms with Crippen molar-refractivity contribution in [3.63, 3.8) is 0 Å². The van der Waals surface area contributed by atoms with E-state index in [1.165, 1.54) is 12.0 Å². The van der Waals surface area contributed by atoms with Gasteiger partial charge in [-0.15, -0.1) is 0 Å². The fourth-order valence-electron chi connectivity index (χ4n) is 3.33. The molecule has 1 aromatic rings. The Morgan fingerprint density at radius 1 is 1.29 bits per heavy atom. The van der Waals surface area contributed by atoms with E-state index in [-0.39, 0.29) is 19.1 Å². The lowest BCUT2D eigenvalue weighted by Gasteiger charge is -2.30. The van der Waals surface area contributed by atoms with Crippen LogP contribution >= 0.6 is 0 Å².